The van der Waals surface area contributed by atoms with Gasteiger partial charge in [0.1, 0.15) is 5.82 Å². The molecule has 0 unspecified atom stereocenters. The van der Waals surface area contributed by atoms with E-state index in [9.17, 15) is 14.0 Å². The summed E-state index contributed by atoms with van der Waals surface area (Å²) in [6, 6.07) is 5.67. The summed E-state index contributed by atoms with van der Waals surface area (Å²) in [6.45, 7) is 0.419. The van der Waals surface area contributed by atoms with Crippen LogP contribution in [-0.2, 0) is 4.79 Å². The maximum absolute atomic E-state index is 13.0. The van der Waals surface area contributed by atoms with Crippen LogP contribution in [0, 0.1) is 5.82 Å². The lowest BCUT2D eigenvalue weighted by Gasteiger charge is -2.20. The molecule has 6 heteroatoms. The first-order valence-electron chi connectivity index (χ1n) is 8.75. The Morgan fingerprint density at radius 2 is 1.62 bits per heavy atom. The first-order chi connectivity index (χ1) is 11.6. The molecule has 5 nitrogen and oxygen atoms in total. The molecule has 0 spiro atoms. The quantitative estimate of drug-likeness (QED) is 0.836. The van der Waals surface area contributed by atoms with Crippen molar-refractivity contribution < 1.29 is 14.0 Å². The molecule has 1 saturated carbocycles. The van der Waals surface area contributed by atoms with Gasteiger partial charge in [0.25, 0.3) is 0 Å². The number of amides is 3. The summed E-state index contributed by atoms with van der Waals surface area (Å²) >= 11 is 0. The van der Waals surface area contributed by atoms with E-state index < -0.39 is 0 Å². The van der Waals surface area contributed by atoms with Crippen molar-refractivity contribution in [3.63, 3.8) is 0 Å². The zero-order valence-corrected chi connectivity index (χ0v) is 13.8. The number of nitrogens with zero attached hydrogens (tertiary/aromatic N) is 1. The number of hydrogen-bond acceptors (Lipinski definition) is 2. The van der Waals surface area contributed by atoms with Gasteiger partial charge in [-0.05, 0) is 37.1 Å². The second-order valence-corrected chi connectivity index (χ2v) is 6.69. The highest BCUT2D eigenvalue weighted by atomic mass is 19.1. The van der Waals surface area contributed by atoms with Gasteiger partial charge in [-0.1, -0.05) is 25.7 Å². The number of benzene rings is 1. The van der Waals surface area contributed by atoms with Gasteiger partial charge in [-0.25, -0.2) is 9.18 Å². The molecule has 1 aromatic carbocycles. The van der Waals surface area contributed by atoms with Gasteiger partial charge in [0, 0.05) is 24.7 Å². The van der Waals surface area contributed by atoms with Gasteiger partial charge in [0.05, 0.1) is 6.04 Å². The Bertz CT molecular complexity index is 582. The number of halogens is 1. The van der Waals surface area contributed by atoms with E-state index in [0.29, 0.717) is 12.2 Å². The molecule has 24 heavy (non-hydrogen) atoms. The largest absolute Gasteiger partial charge is 0.335 e. The number of carbonyl (C=O) groups is 2. The topological polar surface area (TPSA) is 61.4 Å². The van der Waals surface area contributed by atoms with Crippen LogP contribution in [0.15, 0.2) is 24.3 Å². The minimum atomic E-state index is -0.331. The standard InChI is InChI=1S/C18H24FN3O2/c19-13-7-9-16(10-8-13)22-12-15(11-17(22)23)21-18(24)20-14-5-3-1-2-4-6-14/h7-10,14-15H,1-6,11-12H2,(H2,20,21,24)/t15-/m1/s1. The molecule has 1 atom stereocenters. The van der Waals surface area contributed by atoms with E-state index in [4.69, 9.17) is 0 Å². The van der Waals surface area contributed by atoms with E-state index >= 15 is 0 Å². The Hall–Kier alpha value is -2.11. The first kappa shape index (κ1) is 16.7. The van der Waals surface area contributed by atoms with Gasteiger partial charge >= 0.3 is 6.03 Å². The van der Waals surface area contributed by atoms with Crippen molar-refractivity contribution in [3.8, 4) is 0 Å². The summed E-state index contributed by atoms with van der Waals surface area (Å²) < 4.78 is 13.0. The van der Waals surface area contributed by atoms with E-state index in [1.165, 1.54) is 25.0 Å². The van der Waals surface area contributed by atoms with Crippen molar-refractivity contribution in [2.24, 2.45) is 0 Å². The van der Waals surface area contributed by atoms with Crippen LogP contribution in [0.1, 0.15) is 44.9 Å². The molecule has 2 aliphatic rings. The zero-order chi connectivity index (χ0) is 16.9. The molecule has 0 bridgehead atoms. The minimum absolute atomic E-state index is 0.0543. The Balaban J connectivity index is 1.52. The maximum atomic E-state index is 13.0. The number of rotatable bonds is 3. The van der Waals surface area contributed by atoms with Crippen molar-refractivity contribution in [1.29, 1.82) is 0 Å². The van der Waals surface area contributed by atoms with Crippen LogP contribution in [0.3, 0.4) is 0 Å². The molecular formula is C18H24FN3O2. The van der Waals surface area contributed by atoms with Gasteiger partial charge in [-0.2, -0.15) is 0 Å². The van der Waals surface area contributed by atoms with Gasteiger partial charge in [-0.15, -0.1) is 0 Å². The molecular weight excluding hydrogens is 309 g/mol. The van der Waals surface area contributed by atoms with Crippen LogP contribution in [0.25, 0.3) is 0 Å². The van der Waals surface area contributed by atoms with Crippen molar-refractivity contribution >= 4 is 17.6 Å². The maximum Gasteiger partial charge on any atom is 0.315 e. The highest BCUT2D eigenvalue weighted by Gasteiger charge is 2.31. The zero-order valence-electron chi connectivity index (χ0n) is 13.8. The lowest BCUT2D eigenvalue weighted by molar-refractivity contribution is -0.117. The molecule has 2 fully saturated rings. The van der Waals surface area contributed by atoms with E-state index in [1.54, 1.807) is 17.0 Å². The second kappa shape index (κ2) is 7.64. The fourth-order valence-corrected chi connectivity index (χ4v) is 3.51. The van der Waals surface area contributed by atoms with Crippen molar-refractivity contribution in [3.05, 3.63) is 30.1 Å². The average molecular weight is 333 g/mol. The second-order valence-electron chi connectivity index (χ2n) is 6.69. The van der Waals surface area contributed by atoms with Crippen molar-refractivity contribution in [2.75, 3.05) is 11.4 Å². The smallest absolute Gasteiger partial charge is 0.315 e. The lowest BCUT2D eigenvalue weighted by Crippen LogP contribution is -2.47. The summed E-state index contributed by atoms with van der Waals surface area (Å²) in [5, 5.41) is 5.93. The number of anilines is 1. The number of urea groups is 1. The van der Waals surface area contributed by atoms with Crippen LogP contribution >= 0.6 is 0 Å². The van der Waals surface area contributed by atoms with Crippen molar-refractivity contribution in [1.82, 2.24) is 10.6 Å². The summed E-state index contributed by atoms with van der Waals surface area (Å²) in [6.07, 6.45) is 7.12. The number of hydrogen-bond donors (Lipinski definition) is 2. The summed E-state index contributed by atoms with van der Waals surface area (Å²) in [5.74, 6) is -0.385. The number of nitrogens with one attached hydrogen (secondary N) is 2. The molecule has 0 radical (unpaired) electrons. The summed E-state index contributed by atoms with van der Waals surface area (Å²) in [5.41, 5.74) is 0.662. The highest BCUT2D eigenvalue weighted by molar-refractivity contribution is 5.96. The molecule has 3 amide bonds. The minimum Gasteiger partial charge on any atom is -0.335 e. The molecule has 1 aliphatic heterocycles. The SMILES string of the molecule is O=C(NC1CCCCCC1)N[C@@H]1CC(=O)N(c2ccc(F)cc2)C1. The van der Waals surface area contributed by atoms with E-state index in [-0.39, 0.29) is 36.3 Å². The van der Waals surface area contributed by atoms with Crippen LogP contribution in [0.4, 0.5) is 14.9 Å². The Labute approximate surface area is 141 Å². The Morgan fingerprint density at radius 1 is 1.00 bits per heavy atom. The van der Waals surface area contributed by atoms with Gasteiger partial charge in [-0.3, -0.25) is 4.79 Å². The normalized spacial score (nSPS) is 22.3. The fourth-order valence-electron chi connectivity index (χ4n) is 3.51. The molecule has 2 N–H and O–H groups in total. The molecule has 1 saturated heterocycles. The molecule has 1 heterocycles. The van der Waals surface area contributed by atoms with Crippen LogP contribution in [-0.4, -0.2) is 30.6 Å². The van der Waals surface area contributed by atoms with E-state index in [0.717, 1.165) is 25.7 Å². The predicted octanol–water partition coefficient (Wildman–Crippen LogP) is 2.95. The lowest BCUT2D eigenvalue weighted by atomic mass is 10.1. The van der Waals surface area contributed by atoms with Gasteiger partial charge < -0.3 is 15.5 Å². The highest BCUT2D eigenvalue weighted by Crippen LogP contribution is 2.22. The average Bonchev–Trinajstić information content (AvgIpc) is 2.74. The summed E-state index contributed by atoms with van der Waals surface area (Å²) in [4.78, 5) is 25.9. The molecule has 1 aromatic rings. The van der Waals surface area contributed by atoms with E-state index in [1.807, 2.05) is 0 Å². The van der Waals surface area contributed by atoms with Crippen LogP contribution in [0.2, 0.25) is 0 Å². The van der Waals surface area contributed by atoms with Crippen molar-refractivity contribution in [2.45, 2.75) is 57.0 Å². The predicted molar refractivity (Wildman–Crippen MR) is 90.3 cm³/mol. The molecule has 0 aromatic heterocycles. The van der Waals surface area contributed by atoms with Crippen LogP contribution < -0.4 is 15.5 Å². The van der Waals surface area contributed by atoms with E-state index in [2.05, 4.69) is 10.6 Å². The van der Waals surface area contributed by atoms with Gasteiger partial charge in [0.2, 0.25) is 5.91 Å². The van der Waals surface area contributed by atoms with Gasteiger partial charge in [0.15, 0.2) is 0 Å². The Morgan fingerprint density at radius 3 is 2.29 bits per heavy atom. The number of carbonyl (C=O) groups excluding carboxylic acids is 2. The molecule has 130 valence electrons. The Kier molecular flexibility index (Phi) is 5.33. The summed E-state index contributed by atoms with van der Waals surface area (Å²) in [7, 11) is 0. The third-order valence-corrected chi connectivity index (χ3v) is 4.79. The fraction of sp³-hybridized carbons (Fsp3) is 0.556. The first-order valence-corrected chi connectivity index (χ1v) is 8.75. The third kappa shape index (κ3) is 4.24. The monoisotopic (exact) mass is 333 g/mol. The third-order valence-electron chi connectivity index (χ3n) is 4.79. The molecule has 1 aliphatic carbocycles. The van der Waals surface area contributed by atoms with Crippen LogP contribution in [0.5, 0.6) is 0 Å². The molecule has 3 rings (SSSR count).